The molecule has 3 N–H and O–H groups in total. The van der Waals surface area contributed by atoms with Gasteiger partial charge in [-0.05, 0) is 17.7 Å². The van der Waals surface area contributed by atoms with Gasteiger partial charge < -0.3 is 10.6 Å². The van der Waals surface area contributed by atoms with Crippen molar-refractivity contribution < 1.29 is 4.79 Å². The highest BCUT2D eigenvalue weighted by atomic mass is 79.9. The Labute approximate surface area is 125 Å². The van der Waals surface area contributed by atoms with Gasteiger partial charge in [-0.1, -0.05) is 28.1 Å². The van der Waals surface area contributed by atoms with Crippen LogP contribution in [0.4, 0.5) is 0 Å². The number of aromatic nitrogens is 2. The van der Waals surface area contributed by atoms with E-state index in [1.165, 1.54) is 0 Å². The van der Waals surface area contributed by atoms with E-state index in [2.05, 4.69) is 36.8 Å². The molecule has 2 aromatic rings. The van der Waals surface area contributed by atoms with E-state index in [-0.39, 0.29) is 5.91 Å². The second-order valence-electron chi connectivity index (χ2n) is 4.77. The summed E-state index contributed by atoms with van der Waals surface area (Å²) in [6.45, 7) is 2.12. The molecule has 0 aliphatic carbocycles. The normalized spacial score (nSPS) is 13.8. The van der Waals surface area contributed by atoms with Crippen molar-refractivity contribution in [3.8, 4) is 0 Å². The number of rotatable bonds is 3. The van der Waals surface area contributed by atoms with Crippen molar-refractivity contribution in [2.45, 2.75) is 19.5 Å². The van der Waals surface area contributed by atoms with Crippen LogP contribution in [0.2, 0.25) is 0 Å². The summed E-state index contributed by atoms with van der Waals surface area (Å²) in [5.74, 6) is -0.133. The summed E-state index contributed by atoms with van der Waals surface area (Å²) in [6.07, 6.45) is 0.890. The molecule has 1 aliphatic rings. The van der Waals surface area contributed by atoms with Crippen LogP contribution in [0.25, 0.3) is 0 Å². The summed E-state index contributed by atoms with van der Waals surface area (Å²) in [7, 11) is 0. The number of fused-ring (bicyclic) bond motifs is 1. The summed E-state index contributed by atoms with van der Waals surface area (Å²) >= 11 is 3.42. The Morgan fingerprint density at radius 2 is 2.35 bits per heavy atom. The Balaban J connectivity index is 1.69. The van der Waals surface area contributed by atoms with Crippen molar-refractivity contribution in [3.05, 3.63) is 51.3 Å². The summed E-state index contributed by atoms with van der Waals surface area (Å²) in [5, 5.41) is 13.3. The standard InChI is InChI=1S/C14H15BrN4O/c15-10-3-1-2-9(6-10)7-17-14(20)13-11-8-16-5-4-12(11)18-19-13/h1-3,6,16H,4-5,7-8H2,(H,17,20)(H,18,19). The molecule has 1 aromatic carbocycles. The lowest BCUT2D eigenvalue weighted by atomic mass is 10.1. The number of benzene rings is 1. The molecule has 20 heavy (non-hydrogen) atoms. The topological polar surface area (TPSA) is 69.8 Å². The lowest BCUT2D eigenvalue weighted by molar-refractivity contribution is 0.0944. The minimum Gasteiger partial charge on any atom is -0.347 e. The molecule has 1 amide bonds. The van der Waals surface area contributed by atoms with E-state index < -0.39 is 0 Å². The van der Waals surface area contributed by atoms with E-state index in [0.29, 0.717) is 18.8 Å². The minimum absolute atomic E-state index is 0.133. The molecule has 0 spiro atoms. The quantitative estimate of drug-likeness (QED) is 0.800. The van der Waals surface area contributed by atoms with Gasteiger partial charge in [0, 0.05) is 41.8 Å². The number of hydrogen-bond donors (Lipinski definition) is 3. The van der Waals surface area contributed by atoms with Crippen LogP contribution in [0, 0.1) is 0 Å². The number of H-pyrrole nitrogens is 1. The lowest BCUT2D eigenvalue weighted by Gasteiger charge is -2.12. The van der Waals surface area contributed by atoms with Crippen LogP contribution in [0.15, 0.2) is 28.7 Å². The average molecular weight is 335 g/mol. The molecule has 0 radical (unpaired) electrons. The van der Waals surface area contributed by atoms with Gasteiger partial charge >= 0.3 is 0 Å². The first-order valence-electron chi connectivity index (χ1n) is 6.53. The Bertz CT molecular complexity index is 638. The van der Waals surface area contributed by atoms with Gasteiger partial charge in [-0.3, -0.25) is 9.89 Å². The molecule has 0 unspecified atom stereocenters. The average Bonchev–Trinajstić information content (AvgIpc) is 2.89. The van der Waals surface area contributed by atoms with E-state index in [1.54, 1.807) is 0 Å². The third kappa shape index (κ3) is 2.76. The Kier molecular flexibility index (Phi) is 3.84. The third-order valence-electron chi connectivity index (χ3n) is 3.36. The van der Waals surface area contributed by atoms with Gasteiger partial charge in [-0.15, -0.1) is 0 Å². The van der Waals surface area contributed by atoms with Gasteiger partial charge in [-0.25, -0.2) is 0 Å². The fourth-order valence-electron chi connectivity index (χ4n) is 2.33. The first-order valence-corrected chi connectivity index (χ1v) is 7.33. The first kappa shape index (κ1) is 13.3. The van der Waals surface area contributed by atoms with E-state index in [1.807, 2.05) is 24.3 Å². The molecule has 0 saturated heterocycles. The number of amides is 1. The van der Waals surface area contributed by atoms with Crippen molar-refractivity contribution >= 4 is 21.8 Å². The SMILES string of the molecule is O=C(NCc1cccc(Br)c1)c1n[nH]c2c1CNCC2. The highest BCUT2D eigenvalue weighted by Gasteiger charge is 2.21. The Morgan fingerprint density at radius 3 is 3.20 bits per heavy atom. The predicted molar refractivity (Wildman–Crippen MR) is 79.3 cm³/mol. The number of nitrogens with one attached hydrogen (secondary N) is 3. The third-order valence-corrected chi connectivity index (χ3v) is 3.86. The number of nitrogens with zero attached hydrogens (tertiary/aromatic N) is 1. The van der Waals surface area contributed by atoms with Gasteiger partial charge in [0.15, 0.2) is 5.69 Å². The lowest BCUT2D eigenvalue weighted by Crippen LogP contribution is -2.28. The largest absolute Gasteiger partial charge is 0.347 e. The maximum Gasteiger partial charge on any atom is 0.272 e. The molecule has 6 heteroatoms. The number of aromatic amines is 1. The molecule has 104 valence electrons. The van der Waals surface area contributed by atoms with Crippen LogP contribution >= 0.6 is 15.9 Å². The zero-order valence-corrected chi connectivity index (χ0v) is 12.5. The van der Waals surface area contributed by atoms with E-state index in [4.69, 9.17) is 0 Å². The van der Waals surface area contributed by atoms with Crippen LogP contribution < -0.4 is 10.6 Å². The fraction of sp³-hybridized carbons (Fsp3) is 0.286. The van der Waals surface area contributed by atoms with Gasteiger partial charge in [0.25, 0.3) is 5.91 Å². The number of halogens is 1. The second-order valence-corrected chi connectivity index (χ2v) is 5.68. The summed E-state index contributed by atoms with van der Waals surface area (Å²) in [6, 6.07) is 7.88. The fourth-order valence-corrected chi connectivity index (χ4v) is 2.77. The van der Waals surface area contributed by atoms with E-state index in [0.717, 1.165) is 34.3 Å². The maximum atomic E-state index is 12.2. The van der Waals surface area contributed by atoms with Crippen molar-refractivity contribution in [3.63, 3.8) is 0 Å². The monoisotopic (exact) mass is 334 g/mol. The summed E-state index contributed by atoms with van der Waals surface area (Å²) in [4.78, 5) is 12.2. The van der Waals surface area contributed by atoms with Gasteiger partial charge in [0.1, 0.15) is 0 Å². The second kappa shape index (κ2) is 5.76. The van der Waals surface area contributed by atoms with Gasteiger partial charge in [0.05, 0.1) is 0 Å². The summed E-state index contributed by atoms with van der Waals surface area (Å²) in [5.41, 5.74) is 3.61. The Morgan fingerprint density at radius 1 is 1.45 bits per heavy atom. The molecule has 2 heterocycles. The van der Waals surface area contributed by atoms with Crippen molar-refractivity contribution in [2.75, 3.05) is 6.54 Å². The van der Waals surface area contributed by atoms with Crippen molar-refractivity contribution in [1.29, 1.82) is 0 Å². The minimum atomic E-state index is -0.133. The zero-order valence-electron chi connectivity index (χ0n) is 10.9. The van der Waals surface area contributed by atoms with Crippen molar-refractivity contribution in [2.24, 2.45) is 0 Å². The van der Waals surface area contributed by atoms with Crippen LogP contribution in [0.5, 0.6) is 0 Å². The number of carbonyl (C=O) groups excluding carboxylic acids is 1. The van der Waals surface area contributed by atoms with E-state index >= 15 is 0 Å². The maximum absolute atomic E-state index is 12.2. The predicted octanol–water partition coefficient (Wildman–Crippen LogP) is 1.75. The summed E-state index contributed by atoms with van der Waals surface area (Å²) < 4.78 is 1.01. The molecular weight excluding hydrogens is 320 g/mol. The molecule has 1 aliphatic heterocycles. The molecule has 0 fully saturated rings. The smallest absolute Gasteiger partial charge is 0.272 e. The molecule has 5 nitrogen and oxygen atoms in total. The van der Waals surface area contributed by atoms with Crippen LogP contribution in [-0.2, 0) is 19.5 Å². The van der Waals surface area contributed by atoms with Crippen LogP contribution in [0.3, 0.4) is 0 Å². The first-order chi connectivity index (χ1) is 9.74. The molecule has 0 saturated carbocycles. The molecule has 0 atom stereocenters. The van der Waals surface area contributed by atoms with Gasteiger partial charge in [0.2, 0.25) is 0 Å². The highest BCUT2D eigenvalue weighted by molar-refractivity contribution is 9.10. The van der Waals surface area contributed by atoms with E-state index in [9.17, 15) is 4.79 Å². The van der Waals surface area contributed by atoms with Crippen LogP contribution in [-0.4, -0.2) is 22.6 Å². The molecule has 0 bridgehead atoms. The van der Waals surface area contributed by atoms with Gasteiger partial charge in [-0.2, -0.15) is 5.10 Å². The number of carbonyl (C=O) groups is 1. The molecule has 1 aromatic heterocycles. The molecule has 3 rings (SSSR count). The zero-order chi connectivity index (χ0) is 13.9. The number of hydrogen-bond acceptors (Lipinski definition) is 3. The van der Waals surface area contributed by atoms with Crippen molar-refractivity contribution in [1.82, 2.24) is 20.8 Å². The van der Waals surface area contributed by atoms with Crippen LogP contribution in [0.1, 0.15) is 27.3 Å². The highest BCUT2D eigenvalue weighted by Crippen LogP contribution is 2.15. The molecular formula is C14H15BrN4O. The Hall–Kier alpha value is -1.66.